The number of aromatic nitrogens is 7. The van der Waals surface area contributed by atoms with Crippen molar-refractivity contribution in [2.24, 2.45) is 0 Å². The van der Waals surface area contributed by atoms with Gasteiger partial charge in [0.2, 0.25) is 5.95 Å². The maximum atomic E-state index is 14.5. The summed E-state index contributed by atoms with van der Waals surface area (Å²) in [6.45, 7) is 3.39. The van der Waals surface area contributed by atoms with Crippen molar-refractivity contribution < 1.29 is 13.5 Å². The molecule has 2 aliphatic rings. The van der Waals surface area contributed by atoms with E-state index in [1.54, 1.807) is 23.3 Å². The van der Waals surface area contributed by atoms with Gasteiger partial charge in [0.15, 0.2) is 11.6 Å². The molecule has 1 aromatic carbocycles. The Morgan fingerprint density at radius 1 is 1.18 bits per heavy atom. The first-order chi connectivity index (χ1) is 16.2. The summed E-state index contributed by atoms with van der Waals surface area (Å²) in [5.41, 5.74) is 0.932. The third kappa shape index (κ3) is 3.10. The van der Waals surface area contributed by atoms with Crippen molar-refractivity contribution in [2.45, 2.75) is 31.8 Å². The summed E-state index contributed by atoms with van der Waals surface area (Å²) in [4.78, 5) is 16.0. The predicted molar refractivity (Wildman–Crippen MR) is 114 cm³/mol. The normalized spacial score (nSPS) is 19.5. The number of imidazole rings is 1. The number of anilines is 1. The maximum absolute atomic E-state index is 14.5. The molecule has 1 unspecified atom stereocenters. The van der Waals surface area contributed by atoms with Gasteiger partial charge in [-0.2, -0.15) is 4.98 Å². The van der Waals surface area contributed by atoms with Crippen molar-refractivity contribution in [1.82, 2.24) is 34.3 Å². The molecule has 11 heteroatoms. The van der Waals surface area contributed by atoms with Gasteiger partial charge in [-0.3, -0.25) is 9.13 Å². The summed E-state index contributed by atoms with van der Waals surface area (Å²) in [6.07, 6.45) is 8.26. The van der Waals surface area contributed by atoms with Crippen molar-refractivity contribution in [3.63, 3.8) is 0 Å². The van der Waals surface area contributed by atoms with Gasteiger partial charge in [0, 0.05) is 25.1 Å². The van der Waals surface area contributed by atoms with Crippen molar-refractivity contribution in [3.05, 3.63) is 60.6 Å². The second-order valence-electron chi connectivity index (χ2n) is 8.03. The molecule has 2 aliphatic heterocycles. The number of hydrogen-bond acceptors (Lipinski definition) is 7. The highest BCUT2D eigenvalue weighted by Gasteiger charge is 2.39. The van der Waals surface area contributed by atoms with Crippen LogP contribution >= 0.6 is 0 Å². The molecule has 0 spiro atoms. The van der Waals surface area contributed by atoms with Crippen LogP contribution in [0.1, 0.15) is 31.6 Å². The van der Waals surface area contributed by atoms with Crippen molar-refractivity contribution in [3.8, 4) is 23.0 Å². The Bertz CT molecular complexity index is 1330. The minimum atomic E-state index is -0.703. The van der Waals surface area contributed by atoms with Crippen LogP contribution in [-0.2, 0) is 4.74 Å². The van der Waals surface area contributed by atoms with E-state index in [0.29, 0.717) is 19.2 Å². The summed E-state index contributed by atoms with van der Waals surface area (Å²) in [6, 6.07) is 3.51. The third-order valence-corrected chi connectivity index (χ3v) is 6.16. The van der Waals surface area contributed by atoms with Crippen LogP contribution < -0.4 is 4.90 Å². The lowest BCUT2D eigenvalue weighted by Gasteiger charge is -2.40. The molecule has 0 N–H and O–H groups in total. The Kier molecular flexibility index (Phi) is 4.64. The van der Waals surface area contributed by atoms with Crippen molar-refractivity contribution in [2.75, 3.05) is 18.1 Å². The monoisotopic (exact) mass is 450 g/mol. The molecule has 0 amide bonds. The molecule has 5 heterocycles. The highest BCUT2D eigenvalue weighted by molar-refractivity contribution is 5.64. The van der Waals surface area contributed by atoms with Gasteiger partial charge in [-0.05, 0) is 25.0 Å². The Balaban J connectivity index is 1.51. The summed E-state index contributed by atoms with van der Waals surface area (Å²) < 4.78 is 37.1. The van der Waals surface area contributed by atoms with Gasteiger partial charge in [-0.15, -0.1) is 10.2 Å². The molecule has 2 atom stereocenters. The molecule has 0 aliphatic carbocycles. The molecule has 33 heavy (non-hydrogen) atoms. The lowest BCUT2D eigenvalue weighted by atomic mass is 10.1. The van der Waals surface area contributed by atoms with Gasteiger partial charge in [0.1, 0.15) is 29.5 Å². The highest BCUT2D eigenvalue weighted by atomic mass is 19.1. The Labute approximate surface area is 187 Å². The number of fused-ring (bicyclic) bond motifs is 3. The molecule has 0 saturated carbocycles. The largest absolute Gasteiger partial charge is 0.379 e. The zero-order valence-electron chi connectivity index (χ0n) is 17.8. The van der Waals surface area contributed by atoms with Crippen LogP contribution in [0.3, 0.4) is 0 Å². The summed E-state index contributed by atoms with van der Waals surface area (Å²) in [5, 5.41) is 8.48. The molecule has 0 radical (unpaired) electrons. The predicted octanol–water partition coefficient (Wildman–Crippen LogP) is 3.25. The van der Waals surface area contributed by atoms with Gasteiger partial charge in [0.05, 0.1) is 30.5 Å². The Hall–Kier alpha value is -3.73. The van der Waals surface area contributed by atoms with Crippen LogP contribution in [0.25, 0.3) is 23.0 Å². The lowest BCUT2D eigenvalue weighted by Crippen LogP contribution is -2.43. The minimum absolute atomic E-state index is 0.0220. The van der Waals surface area contributed by atoms with Gasteiger partial charge in [-0.25, -0.2) is 18.7 Å². The van der Waals surface area contributed by atoms with E-state index in [1.807, 2.05) is 4.57 Å². The third-order valence-electron chi connectivity index (χ3n) is 6.16. The fourth-order valence-corrected chi connectivity index (χ4v) is 4.65. The first-order valence-electron chi connectivity index (χ1n) is 10.8. The molecule has 3 aromatic heterocycles. The average molecular weight is 450 g/mol. The fraction of sp³-hybridized carbons (Fsp3) is 0.318. The second-order valence-corrected chi connectivity index (χ2v) is 8.03. The van der Waals surface area contributed by atoms with E-state index in [9.17, 15) is 8.78 Å². The standard InChI is InChI=1S/C22H20F2N8O/c1-2-17-21-29-27-12-31(21)18-10-26-22(28-20(18)32(17)14-5-8-33-11-14)30-7-6-25-19(30)15-4-3-13(23)9-16(15)24/h3-4,6-7,9-10,12,14,17H,2,5,8,11H2,1H3/t14?,17-/m1/s1. The number of rotatable bonds is 4. The van der Waals surface area contributed by atoms with Gasteiger partial charge in [0.25, 0.3) is 0 Å². The Morgan fingerprint density at radius 3 is 2.88 bits per heavy atom. The SMILES string of the molecule is CC[C@@H]1c2nncn2-c2cnc(-n3ccnc3-c3ccc(F)cc3F)nc2N1C1CCOC1. The van der Waals surface area contributed by atoms with Crippen LogP contribution in [0.5, 0.6) is 0 Å². The summed E-state index contributed by atoms with van der Waals surface area (Å²) >= 11 is 0. The van der Waals surface area contributed by atoms with Gasteiger partial charge in [-0.1, -0.05) is 6.92 Å². The number of halogens is 2. The van der Waals surface area contributed by atoms with Crippen LogP contribution in [0.15, 0.2) is 43.1 Å². The molecule has 6 rings (SSSR count). The van der Waals surface area contributed by atoms with E-state index in [4.69, 9.17) is 9.72 Å². The molecule has 9 nitrogen and oxygen atoms in total. The van der Waals surface area contributed by atoms with Crippen LogP contribution in [0.2, 0.25) is 0 Å². The van der Waals surface area contributed by atoms with E-state index < -0.39 is 11.6 Å². The zero-order valence-corrected chi connectivity index (χ0v) is 17.8. The molecule has 0 bridgehead atoms. The highest BCUT2D eigenvalue weighted by Crippen LogP contribution is 2.40. The van der Waals surface area contributed by atoms with Gasteiger partial charge >= 0.3 is 0 Å². The second kappa shape index (κ2) is 7.69. The minimum Gasteiger partial charge on any atom is -0.379 e. The van der Waals surface area contributed by atoms with Crippen LogP contribution in [0, 0.1) is 11.6 Å². The number of benzene rings is 1. The quantitative estimate of drug-likeness (QED) is 0.472. The first-order valence-corrected chi connectivity index (χ1v) is 10.8. The molecular weight excluding hydrogens is 430 g/mol. The van der Waals surface area contributed by atoms with Gasteiger partial charge < -0.3 is 9.64 Å². The van der Waals surface area contributed by atoms with Crippen LogP contribution in [0.4, 0.5) is 14.6 Å². The number of ether oxygens (including phenoxy) is 1. The first kappa shape index (κ1) is 19.9. The molecular formula is C22H20F2N8O. The zero-order chi connectivity index (χ0) is 22.5. The molecule has 1 fully saturated rings. The smallest absolute Gasteiger partial charge is 0.237 e. The Morgan fingerprint density at radius 2 is 2.09 bits per heavy atom. The lowest BCUT2D eigenvalue weighted by molar-refractivity contribution is 0.191. The molecule has 1 saturated heterocycles. The summed E-state index contributed by atoms with van der Waals surface area (Å²) in [7, 11) is 0. The van der Waals surface area contributed by atoms with E-state index in [2.05, 4.69) is 32.0 Å². The van der Waals surface area contributed by atoms with E-state index in [0.717, 1.165) is 36.2 Å². The summed E-state index contributed by atoms with van der Waals surface area (Å²) in [5.74, 6) is 0.838. The van der Waals surface area contributed by atoms with Crippen LogP contribution in [-0.4, -0.2) is 53.5 Å². The number of nitrogens with zero attached hydrogens (tertiary/aromatic N) is 8. The average Bonchev–Trinajstić information content (AvgIpc) is 3.59. The van der Waals surface area contributed by atoms with E-state index >= 15 is 0 Å². The maximum Gasteiger partial charge on any atom is 0.237 e. The van der Waals surface area contributed by atoms with E-state index in [-0.39, 0.29) is 23.5 Å². The van der Waals surface area contributed by atoms with E-state index in [1.165, 1.54) is 18.3 Å². The van der Waals surface area contributed by atoms with Crippen molar-refractivity contribution >= 4 is 5.82 Å². The fourth-order valence-electron chi connectivity index (χ4n) is 4.65. The van der Waals surface area contributed by atoms with Crippen molar-refractivity contribution in [1.29, 1.82) is 0 Å². The number of hydrogen-bond donors (Lipinski definition) is 0. The topological polar surface area (TPSA) is 86.8 Å². The molecule has 168 valence electrons. The molecule has 4 aromatic rings.